The fourth-order valence-corrected chi connectivity index (χ4v) is 7.31. The van der Waals surface area contributed by atoms with Crippen molar-refractivity contribution in [3.05, 3.63) is 44.4 Å². The van der Waals surface area contributed by atoms with Crippen molar-refractivity contribution in [2.24, 2.45) is 10.4 Å². The van der Waals surface area contributed by atoms with Gasteiger partial charge in [0.2, 0.25) is 0 Å². The molecule has 4 aliphatic heterocycles. The molecule has 8 heteroatoms. The molecule has 0 radical (unpaired) electrons. The summed E-state index contributed by atoms with van der Waals surface area (Å²) in [6.07, 6.45) is 2.01. The van der Waals surface area contributed by atoms with Crippen molar-refractivity contribution in [2.75, 3.05) is 13.1 Å². The highest BCUT2D eigenvalue weighted by Gasteiger charge is 2.66. The molecule has 136 valence electrons. The minimum Gasteiger partial charge on any atom is -0.870 e. The van der Waals surface area contributed by atoms with Gasteiger partial charge in [0.1, 0.15) is 28.9 Å². The third-order valence-electron chi connectivity index (χ3n) is 7.02. The van der Waals surface area contributed by atoms with Crippen molar-refractivity contribution in [1.29, 1.82) is 0 Å². The van der Waals surface area contributed by atoms with Gasteiger partial charge in [-0.3, -0.25) is 0 Å². The molecule has 2 bridgehead atoms. The van der Waals surface area contributed by atoms with E-state index in [1.54, 1.807) is 0 Å². The number of nitrogens with zero attached hydrogens (tertiary/aromatic N) is 1. The minimum absolute atomic E-state index is 0.0343. The van der Waals surface area contributed by atoms with Gasteiger partial charge >= 0.3 is 0 Å². The van der Waals surface area contributed by atoms with Crippen LogP contribution in [0, 0.1) is 5.41 Å². The summed E-state index contributed by atoms with van der Waals surface area (Å²) >= 11 is 7.08. The van der Waals surface area contributed by atoms with Gasteiger partial charge in [0, 0.05) is 39.9 Å². The molecule has 6 nitrogen and oxygen atoms in total. The van der Waals surface area contributed by atoms with Crippen LogP contribution in [0.1, 0.15) is 12.8 Å². The average Bonchev–Trinajstić information content (AvgIpc) is 2.96. The van der Waals surface area contributed by atoms with E-state index < -0.39 is 17.6 Å². The van der Waals surface area contributed by atoms with Gasteiger partial charge in [-0.05, 0) is 22.4 Å². The van der Waals surface area contributed by atoms with E-state index in [2.05, 4.69) is 42.2 Å². The molecule has 1 fully saturated rings. The lowest BCUT2D eigenvalue weighted by molar-refractivity contribution is -0.954. The number of quaternary nitrogens is 1. The van der Waals surface area contributed by atoms with Gasteiger partial charge < -0.3 is 25.5 Å². The van der Waals surface area contributed by atoms with Crippen LogP contribution in [0.4, 0.5) is 0 Å². The van der Waals surface area contributed by atoms with Crippen LogP contribution in [0.25, 0.3) is 0 Å². The van der Waals surface area contributed by atoms with Crippen molar-refractivity contribution in [3.63, 3.8) is 0 Å². The largest absolute Gasteiger partial charge is 0.870 e. The first-order valence-electron chi connectivity index (χ1n) is 8.94. The van der Waals surface area contributed by atoms with Crippen LogP contribution in [-0.4, -0.2) is 52.2 Å². The van der Waals surface area contributed by atoms with E-state index >= 15 is 0 Å². The van der Waals surface area contributed by atoms with E-state index in [0.717, 1.165) is 43.7 Å². The lowest BCUT2D eigenvalue weighted by Gasteiger charge is -2.60. The summed E-state index contributed by atoms with van der Waals surface area (Å²) in [6.45, 7) is 1.41. The molecule has 26 heavy (non-hydrogen) atoms. The van der Waals surface area contributed by atoms with Crippen molar-refractivity contribution in [3.8, 4) is 0 Å². The van der Waals surface area contributed by atoms with Crippen LogP contribution >= 0.6 is 31.9 Å². The Morgan fingerprint density at radius 3 is 2.96 bits per heavy atom. The van der Waals surface area contributed by atoms with Crippen molar-refractivity contribution in [2.45, 2.75) is 37.1 Å². The van der Waals surface area contributed by atoms with Gasteiger partial charge in [-0.15, -0.1) is 0 Å². The van der Waals surface area contributed by atoms with Gasteiger partial charge in [0.05, 0.1) is 17.7 Å². The highest BCUT2D eigenvalue weighted by Crippen LogP contribution is 2.55. The van der Waals surface area contributed by atoms with E-state index in [-0.39, 0.29) is 17.8 Å². The van der Waals surface area contributed by atoms with Gasteiger partial charge in [-0.2, -0.15) is 0 Å². The fraction of sp³-hybridized carbons (Fsp3) is 0.500. The molecule has 0 aromatic rings. The molecule has 4 heterocycles. The number of rotatable bonds is 0. The monoisotopic (exact) mass is 481 g/mol. The SMILES string of the molecule is [O-]C1=C2N=C(Br)C3=C2C2C4=C1NCCC41C=C(Br)C(O)C(C1O)[NH+]2CC3. The van der Waals surface area contributed by atoms with Gasteiger partial charge in [0.15, 0.2) is 0 Å². The second kappa shape index (κ2) is 4.91. The normalized spacial score (nSPS) is 45.3. The standard InChI is InChI=1S/C18H17Br2N3O3/c19-7-5-18-2-3-21-11-9(18)12-8-6(17(20)22-10(8)15(11)25)1-4-23(12)13(14(7)24)16(18)26/h5,12-14,16,21,24-26H,1-4H2. The quantitative estimate of drug-likeness (QED) is 0.355. The molecule has 2 aliphatic carbocycles. The molecule has 0 saturated carbocycles. The second-order valence-electron chi connectivity index (χ2n) is 7.93. The van der Waals surface area contributed by atoms with Gasteiger partial charge in [-0.1, -0.05) is 27.8 Å². The van der Waals surface area contributed by atoms with Crippen LogP contribution in [0.15, 0.2) is 49.4 Å². The van der Waals surface area contributed by atoms with E-state index in [1.165, 1.54) is 0 Å². The summed E-state index contributed by atoms with van der Waals surface area (Å²) in [5.41, 5.74) is 3.64. The summed E-state index contributed by atoms with van der Waals surface area (Å²) in [7, 11) is 0. The Balaban J connectivity index is 1.72. The first-order chi connectivity index (χ1) is 12.5. The first kappa shape index (κ1) is 16.1. The summed E-state index contributed by atoms with van der Waals surface area (Å²) in [5.74, 6) is -0.0696. The minimum atomic E-state index is -0.737. The van der Waals surface area contributed by atoms with Gasteiger partial charge in [0.25, 0.3) is 0 Å². The van der Waals surface area contributed by atoms with Crippen LogP contribution in [0.3, 0.4) is 0 Å². The lowest BCUT2D eigenvalue weighted by atomic mass is 9.56. The topological polar surface area (TPSA) is 92.4 Å². The van der Waals surface area contributed by atoms with Crippen LogP contribution in [0.2, 0.25) is 0 Å². The maximum Gasteiger partial charge on any atom is 0.147 e. The Hall–Kier alpha value is -0.930. The highest BCUT2D eigenvalue weighted by molar-refractivity contribution is 9.18. The second-order valence-corrected chi connectivity index (χ2v) is 9.60. The number of nitrogens with one attached hydrogen (secondary N) is 2. The fourth-order valence-electron chi connectivity index (χ4n) is 6.02. The summed E-state index contributed by atoms with van der Waals surface area (Å²) in [4.78, 5) is 5.68. The number of piperidine rings is 1. The zero-order chi connectivity index (χ0) is 18.0. The zero-order valence-corrected chi connectivity index (χ0v) is 16.9. The molecular weight excluding hydrogens is 466 g/mol. The Morgan fingerprint density at radius 2 is 2.15 bits per heavy atom. The number of aliphatic hydroxyl groups excluding tert-OH is 2. The number of hydrogen-bond donors (Lipinski definition) is 4. The smallest absolute Gasteiger partial charge is 0.147 e. The Kier molecular flexibility index (Phi) is 3.03. The Bertz CT molecular complexity index is 934. The van der Waals surface area contributed by atoms with Crippen molar-refractivity contribution in [1.82, 2.24) is 5.32 Å². The number of aliphatic imine (C=N–C) groups is 1. The predicted octanol–water partition coefficient (Wildman–Crippen LogP) is -1.04. The molecule has 4 N–H and O–H groups in total. The maximum absolute atomic E-state index is 13.2. The van der Waals surface area contributed by atoms with E-state index in [0.29, 0.717) is 24.4 Å². The third-order valence-corrected chi connectivity index (χ3v) is 8.37. The van der Waals surface area contributed by atoms with Crippen molar-refractivity contribution >= 4 is 36.5 Å². The maximum atomic E-state index is 13.2. The molecule has 6 rings (SSSR count). The Labute approximate surface area is 166 Å². The molecule has 0 aromatic heterocycles. The van der Waals surface area contributed by atoms with Crippen LogP contribution in [-0.2, 0) is 0 Å². The van der Waals surface area contributed by atoms with Crippen LogP contribution < -0.4 is 15.3 Å². The summed E-state index contributed by atoms with van der Waals surface area (Å²) < 4.78 is 1.48. The predicted molar refractivity (Wildman–Crippen MR) is 99.5 cm³/mol. The Morgan fingerprint density at radius 1 is 1.35 bits per heavy atom. The third kappa shape index (κ3) is 1.59. The van der Waals surface area contributed by atoms with Gasteiger partial charge in [-0.25, -0.2) is 4.99 Å². The molecule has 1 spiro atoms. The molecule has 6 atom stereocenters. The molecule has 6 aliphatic rings. The zero-order valence-electron chi connectivity index (χ0n) is 13.7. The highest BCUT2D eigenvalue weighted by atomic mass is 79.9. The molecule has 6 unspecified atom stereocenters. The molecule has 0 aromatic carbocycles. The average molecular weight is 483 g/mol. The summed E-state index contributed by atoms with van der Waals surface area (Å²) in [5, 5.41) is 38.7. The number of hydrogen-bond acceptors (Lipinski definition) is 5. The van der Waals surface area contributed by atoms with E-state index in [9.17, 15) is 15.3 Å². The molecule has 1 saturated heterocycles. The lowest BCUT2D eigenvalue weighted by Crippen LogP contribution is -3.24. The number of halogens is 2. The van der Waals surface area contributed by atoms with Crippen LogP contribution in [0.5, 0.6) is 0 Å². The number of aliphatic hydroxyl groups is 2. The molecule has 0 amide bonds. The molecular formula is C18H17Br2N3O3. The van der Waals surface area contributed by atoms with E-state index in [1.807, 2.05) is 6.08 Å². The first-order valence-corrected chi connectivity index (χ1v) is 10.5. The summed E-state index contributed by atoms with van der Waals surface area (Å²) in [6, 6.07) is -0.349. The van der Waals surface area contributed by atoms with Crippen molar-refractivity contribution < 1.29 is 20.2 Å². The van der Waals surface area contributed by atoms with E-state index in [4.69, 9.17) is 0 Å². The number of fused-ring (bicyclic) bond motifs is 2.